The lowest BCUT2D eigenvalue weighted by molar-refractivity contribution is -0.125. The Balaban J connectivity index is 1.73. The predicted octanol–water partition coefficient (Wildman–Crippen LogP) is 4.82. The Hall–Kier alpha value is -1.97. The number of nitrogens with one attached hydrogen (secondary N) is 2. The minimum atomic E-state index is -0.522. The molecule has 1 aromatic rings. The maximum absolute atomic E-state index is 11.8. The van der Waals surface area contributed by atoms with E-state index in [1.165, 1.54) is 38.5 Å². The molecular weight excluding hydrogens is 312 g/mol. The molecule has 1 aromatic carbocycles. The first-order chi connectivity index (χ1) is 12.0. The van der Waals surface area contributed by atoms with Gasteiger partial charge >= 0.3 is 0 Å². The fourth-order valence-corrected chi connectivity index (χ4v) is 2.85. The predicted molar refractivity (Wildman–Crippen MR) is 103 cm³/mol. The molecule has 1 aliphatic heterocycles. The van der Waals surface area contributed by atoms with Crippen LogP contribution in [0.2, 0.25) is 0 Å². The summed E-state index contributed by atoms with van der Waals surface area (Å²) in [6.45, 7) is 6.85. The van der Waals surface area contributed by atoms with Crippen molar-refractivity contribution in [1.82, 2.24) is 10.9 Å². The minimum absolute atomic E-state index is 0.00611. The van der Waals surface area contributed by atoms with E-state index in [9.17, 15) is 4.79 Å². The average Bonchev–Trinajstić information content (AvgIpc) is 2.85. The van der Waals surface area contributed by atoms with Gasteiger partial charge in [0.2, 0.25) is 5.91 Å². The van der Waals surface area contributed by atoms with E-state index in [4.69, 9.17) is 4.74 Å². The smallest absolute Gasteiger partial charge is 0.249 e. The molecule has 25 heavy (non-hydrogen) atoms. The molecule has 1 amide bonds. The number of carbonyl (C=O) groups excluding carboxylic acids is 1. The standard InChI is InChI=1S/C21H32N2O2/c1-4-5-6-7-8-9-10-15-25-18-13-11-17(12-14-18)16-19-21(2,3)20(24)23-22-19/h11-14,16,22H,4-10,15H2,1-3H3,(H,23,24)/b19-16-. The van der Waals surface area contributed by atoms with E-state index in [0.29, 0.717) is 0 Å². The van der Waals surface area contributed by atoms with Gasteiger partial charge in [0.25, 0.3) is 0 Å². The zero-order chi connectivity index (χ0) is 18.1. The third kappa shape index (κ3) is 5.80. The Bertz CT molecular complexity index is 576. The number of hydrogen-bond acceptors (Lipinski definition) is 3. The molecular formula is C21H32N2O2. The van der Waals surface area contributed by atoms with Crippen LogP contribution in [0.15, 0.2) is 30.0 Å². The molecule has 0 bridgehead atoms. The summed E-state index contributed by atoms with van der Waals surface area (Å²) in [6, 6.07) is 8.02. The van der Waals surface area contributed by atoms with Crippen LogP contribution in [-0.4, -0.2) is 12.5 Å². The van der Waals surface area contributed by atoms with E-state index in [1.807, 2.05) is 44.2 Å². The van der Waals surface area contributed by atoms with Crippen molar-refractivity contribution in [2.45, 2.75) is 65.7 Å². The number of hydrogen-bond donors (Lipinski definition) is 2. The van der Waals surface area contributed by atoms with Crippen LogP contribution in [0, 0.1) is 5.41 Å². The Kier molecular flexibility index (Phi) is 7.35. The summed E-state index contributed by atoms with van der Waals surface area (Å²) in [5.41, 5.74) is 7.04. The molecule has 0 aliphatic carbocycles. The third-order valence-electron chi connectivity index (χ3n) is 4.76. The zero-order valence-corrected chi connectivity index (χ0v) is 15.9. The third-order valence-corrected chi connectivity index (χ3v) is 4.76. The van der Waals surface area contributed by atoms with E-state index in [-0.39, 0.29) is 5.91 Å². The molecule has 0 radical (unpaired) electrons. The Morgan fingerprint density at radius 1 is 0.960 bits per heavy atom. The summed E-state index contributed by atoms with van der Waals surface area (Å²) < 4.78 is 5.81. The van der Waals surface area contributed by atoms with Crippen LogP contribution in [0.4, 0.5) is 0 Å². The van der Waals surface area contributed by atoms with Crippen molar-refractivity contribution in [2.24, 2.45) is 5.41 Å². The molecule has 1 aliphatic rings. The van der Waals surface area contributed by atoms with E-state index >= 15 is 0 Å². The second-order valence-electron chi connectivity index (χ2n) is 7.30. The highest BCUT2D eigenvalue weighted by molar-refractivity contribution is 5.89. The van der Waals surface area contributed by atoms with Gasteiger partial charge in [-0.15, -0.1) is 0 Å². The quantitative estimate of drug-likeness (QED) is 0.598. The molecule has 0 unspecified atom stereocenters. The van der Waals surface area contributed by atoms with Crippen molar-refractivity contribution in [3.8, 4) is 5.75 Å². The SMILES string of the molecule is CCCCCCCCCOc1ccc(/C=C2\NNC(=O)C2(C)C)cc1. The summed E-state index contributed by atoms with van der Waals surface area (Å²) in [5.74, 6) is 0.898. The van der Waals surface area contributed by atoms with Gasteiger partial charge in [-0.05, 0) is 44.0 Å². The van der Waals surface area contributed by atoms with Gasteiger partial charge in [0.15, 0.2) is 0 Å². The molecule has 2 rings (SSSR count). The van der Waals surface area contributed by atoms with Crippen molar-refractivity contribution in [3.05, 3.63) is 35.5 Å². The molecule has 0 saturated carbocycles. The van der Waals surface area contributed by atoms with Gasteiger partial charge < -0.3 is 10.2 Å². The molecule has 1 heterocycles. The number of benzene rings is 1. The summed E-state index contributed by atoms with van der Waals surface area (Å²) >= 11 is 0. The van der Waals surface area contributed by atoms with Gasteiger partial charge in [0, 0.05) is 5.70 Å². The molecule has 4 nitrogen and oxygen atoms in total. The van der Waals surface area contributed by atoms with Crippen LogP contribution in [0.1, 0.15) is 71.3 Å². The van der Waals surface area contributed by atoms with Crippen molar-refractivity contribution in [2.75, 3.05) is 6.61 Å². The van der Waals surface area contributed by atoms with E-state index < -0.39 is 5.41 Å². The van der Waals surface area contributed by atoms with Crippen molar-refractivity contribution >= 4 is 12.0 Å². The maximum Gasteiger partial charge on any atom is 0.249 e. The van der Waals surface area contributed by atoms with E-state index in [2.05, 4.69) is 17.8 Å². The molecule has 4 heteroatoms. The molecule has 0 spiro atoms. The highest BCUT2D eigenvalue weighted by Crippen LogP contribution is 2.29. The molecule has 1 saturated heterocycles. The lowest BCUT2D eigenvalue weighted by Crippen LogP contribution is -2.28. The van der Waals surface area contributed by atoms with Crippen LogP contribution in [0.5, 0.6) is 5.75 Å². The van der Waals surface area contributed by atoms with Gasteiger partial charge in [-0.25, -0.2) is 0 Å². The van der Waals surface area contributed by atoms with Gasteiger partial charge in [-0.1, -0.05) is 57.6 Å². The maximum atomic E-state index is 11.8. The van der Waals surface area contributed by atoms with Crippen LogP contribution in [-0.2, 0) is 4.79 Å². The molecule has 0 aromatic heterocycles. The second kappa shape index (κ2) is 9.50. The Morgan fingerprint density at radius 2 is 1.60 bits per heavy atom. The number of rotatable bonds is 10. The van der Waals surface area contributed by atoms with Crippen LogP contribution in [0.25, 0.3) is 6.08 Å². The first-order valence-corrected chi connectivity index (χ1v) is 9.55. The van der Waals surface area contributed by atoms with Crippen molar-refractivity contribution in [3.63, 3.8) is 0 Å². The zero-order valence-electron chi connectivity index (χ0n) is 15.9. The monoisotopic (exact) mass is 344 g/mol. The molecule has 1 fully saturated rings. The topological polar surface area (TPSA) is 50.4 Å². The molecule has 138 valence electrons. The van der Waals surface area contributed by atoms with Crippen LogP contribution in [0.3, 0.4) is 0 Å². The van der Waals surface area contributed by atoms with Gasteiger partial charge in [-0.2, -0.15) is 0 Å². The van der Waals surface area contributed by atoms with Crippen molar-refractivity contribution < 1.29 is 9.53 Å². The molecule has 2 N–H and O–H groups in total. The van der Waals surface area contributed by atoms with Gasteiger partial charge in [0.1, 0.15) is 5.75 Å². The van der Waals surface area contributed by atoms with E-state index in [0.717, 1.165) is 30.0 Å². The number of unbranched alkanes of at least 4 members (excludes halogenated alkanes) is 6. The lowest BCUT2D eigenvalue weighted by Gasteiger charge is -2.14. The normalized spacial score (nSPS) is 17.4. The first-order valence-electron chi connectivity index (χ1n) is 9.55. The Morgan fingerprint density at radius 3 is 2.20 bits per heavy atom. The largest absolute Gasteiger partial charge is 0.494 e. The summed E-state index contributed by atoms with van der Waals surface area (Å²) in [4.78, 5) is 11.8. The molecule has 0 atom stereocenters. The highest BCUT2D eigenvalue weighted by Gasteiger charge is 2.37. The number of ether oxygens (including phenoxy) is 1. The number of amides is 1. The lowest BCUT2D eigenvalue weighted by atomic mass is 9.89. The van der Waals surface area contributed by atoms with Crippen LogP contribution >= 0.6 is 0 Å². The fraction of sp³-hybridized carbons (Fsp3) is 0.571. The highest BCUT2D eigenvalue weighted by atomic mass is 16.5. The van der Waals surface area contributed by atoms with Crippen molar-refractivity contribution in [1.29, 1.82) is 0 Å². The first kappa shape index (κ1) is 19.4. The van der Waals surface area contributed by atoms with Crippen LogP contribution < -0.4 is 15.6 Å². The second-order valence-corrected chi connectivity index (χ2v) is 7.30. The Labute approximate surface area is 152 Å². The summed E-state index contributed by atoms with van der Waals surface area (Å²) in [5, 5.41) is 0. The minimum Gasteiger partial charge on any atom is -0.494 e. The summed E-state index contributed by atoms with van der Waals surface area (Å²) in [7, 11) is 0. The number of hydrazine groups is 1. The average molecular weight is 344 g/mol. The van der Waals surface area contributed by atoms with Gasteiger partial charge in [0.05, 0.1) is 12.0 Å². The number of carbonyl (C=O) groups is 1. The van der Waals surface area contributed by atoms with E-state index in [1.54, 1.807) is 0 Å². The summed E-state index contributed by atoms with van der Waals surface area (Å²) in [6.07, 6.45) is 11.0. The van der Waals surface area contributed by atoms with Gasteiger partial charge in [-0.3, -0.25) is 10.2 Å². The fourth-order valence-electron chi connectivity index (χ4n) is 2.85.